The van der Waals surface area contributed by atoms with Crippen LogP contribution in [0, 0.1) is 5.92 Å². The molecule has 2 aromatic heterocycles. The monoisotopic (exact) mass is 375 g/mol. The van der Waals surface area contributed by atoms with Gasteiger partial charge < -0.3 is 10.6 Å². The van der Waals surface area contributed by atoms with Crippen LogP contribution in [0.15, 0.2) is 11.6 Å². The summed E-state index contributed by atoms with van der Waals surface area (Å²) in [5.74, 6) is -0.289. The van der Waals surface area contributed by atoms with E-state index in [4.69, 9.17) is 5.73 Å². The van der Waals surface area contributed by atoms with Gasteiger partial charge in [0.15, 0.2) is 10.7 Å². The molecule has 2 N–H and O–H groups in total. The number of hydrogen-bond donors (Lipinski definition) is 1. The van der Waals surface area contributed by atoms with Gasteiger partial charge in [0.2, 0.25) is 5.91 Å². The Morgan fingerprint density at radius 3 is 2.77 bits per heavy atom. The van der Waals surface area contributed by atoms with Crippen molar-refractivity contribution in [1.82, 2.24) is 19.2 Å². The molecule has 0 aliphatic carbocycles. The van der Waals surface area contributed by atoms with Gasteiger partial charge in [0, 0.05) is 37.8 Å². The number of carbonyl (C=O) groups excluding carboxylic acids is 2. The first-order valence-corrected chi connectivity index (χ1v) is 10.3. The predicted octanol–water partition coefficient (Wildman–Crippen LogP) is 1.72. The third-order valence-corrected chi connectivity index (χ3v) is 6.24. The minimum absolute atomic E-state index is 0.0408. The number of piperidine rings is 2. The van der Waals surface area contributed by atoms with Crippen molar-refractivity contribution < 1.29 is 9.59 Å². The van der Waals surface area contributed by atoms with Crippen LogP contribution in [0.4, 0.5) is 0 Å². The Labute approximate surface area is 156 Å². The molecule has 0 aromatic carbocycles. The SMILES string of the molecule is NC(=O)[C@H]1CCCN(Cc2c(C(=O)N3CCCCC3)nc3sccn23)C1. The second kappa shape index (κ2) is 7.36. The van der Waals surface area contributed by atoms with Gasteiger partial charge in [-0.15, -0.1) is 11.3 Å². The van der Waals surface area contributed by atoms with Crippen molar-refractivity contribution in [2.24, 2.45) is 11.7 Å². The minimum atomic E-state index is -0.228. The van der Waals surface area contributed by atoms with Crippen molar-refractivity contribution in [1.29, 1.82) is 0 Å². The second-order valence-corrected chi connectivity index (χ2v) is 8.17. The number of rotatable bonds is 4. The highest BCUT2D eigenvalue weighted by Gasteiger charge is 2.29. The maximum Gasteiger partial charge on any atom is 0.274 e. The van der Waals surface area contributed by atoms with Gasteiger partial charge in [0.25, 0.3) is 5.91 Å². The molecule has 26 heavy (non-hydrogen) atoms. The van der Waals surface area contributed by atoms with Gasteiger partial charge in [-0.25, -0.2) is 4.98 Å². The molecule has 0 unspecified atom stereocenters. The fourth-order valence-corrected chi connectivity index (χ4v) is 4.78. The third kappa shape index (κ3) is 3.35. The summed E-state index contributed by atoms with van der Waals surface area (Å²) in [4.78, 5) is 34.3. The van der Waals surface area contributed by atoms with E-state index in [-0.39, 0.29) is 17.7 Å². The Balaban J connectivity index is 1.60. The number of imidazole rings is 1. The van der Waals surface area contributed by atoms with Crippen LogP contribution in [0.5, 0.6) is 0 Å². The van der Waals surface area contributed by atoms with Gasteiger partial charge in [-0.05, 0) is 38.6 Å². The largest absolute Gasteiger partial charge is 0.369 e. The van der Waals surface area contributed by atoms with Crippen LogP contribution in [-0.2, 0) is 11.3 Å². The highest BCUT2D eigenvalue weighted by molar-refractivity contribution is 7.15. The van der Waals surface area contributed by atoms with Gasteiger partial charge in [0.05, 0.1) is 11.6 Å². The molecular formula is C18H25N5O2S. The first kappa shape index (κ1) is 17.5. The quantitative estimate of drug-likeness (QED) is 0.882. The summed E-state index contributed by atoms with van der Waals surface area (Å²) < 4.78 is 2.02. The second-order valence-electron chi connectivity index (χ2n) is 7.29. The fourth-order valence-electron chi connectivity index (χ4n) is 4.04. The van der Waals surface area contributed by atoms with E-state index in [0.717, 1.165) is 56.0 Å². The Morgan fingerprint density at radius 2 is 2.00 bits per heavy atom. The van der Waals surface area contributed by atoms with Crippen LogP contribution in [0.2, 0.25) is 0 Å². The number of nitrogens with two attached hydrogens (primary N) is 1. The molecular weight excluding hydrogens is 350 g/mol. The lowest BCUT2D eigenvalue weighted by Gasteiger charge is -2.31. The van der Waals surface area contributed by atoms with E-state index >= 15 is 0 Å². The summed E-state index contributed by atoms with van der Waals surface area (Å²) in [7, 11) is 0. The van der Waals surface area contributed by atoms with E-state index < -0.39 is 0 Å². The highest BCUT2D eigenvalue weighted by atomic mass is 32.1. The predicted molar refractivity (Wildman–Crippen MR) is 100 cm³/mol. The number of amides is 2. The Hall–Kier alpha value is -1.93. The zero-order valence-corrected chi connectivity index (χ0v) is 15.7. The number of likely N-dealkylation sites (tertiary alicyclic amines) is 2. The number of thiazole rings is 1. The molecule has 4 rings (SSSR count). The molecule has 2 amide bonds. The van der Waals surface area contributed by atoms with E-state index in [1.54, 1.807) is 11.3 Å². The van der Waals surface area contributed by atoms with Gasteiger partial charge >= 0.3 is 0 Å². The van der Waals surface area contributed by atoms with Crippen molar-refractivity contribution in [3.8, 4) is 0 Å². The number of primary amides is 1. The molecule has 140 valence electrons. The molecule has 1 atom stereocenters. The summed E-state index contributed by atoms with van der Waals surface area (Å²) in [6, 6.07) is 0. The highest BCUT2D eigenvalue weighted by Crippen LogP contribution is 2.24. The average Bonchev–Trinajstić information content (AvgIpc) is 3.25. The normalized spacial score (nSPS) is 22.0. The maximum absolute atomic E-state index is 13.1. The van der Waals surface area contributed by atoms with E-state index in [9.17, 15) is 9.59 Å². The van der Waals surface area contributed by atoms with Crippen LogP contribution in [0.3, 0.4) is 0 Å². The van der Waals surface area contributed by atoms with Crippen molar-refractivity contribution in [3.63, 3.8) is 0 Å². The molecule has 0 spiro atoms. The zero-order valence-electron chi connectivity index (χ0n) is 14.9. The van der Waals surface area contributed by atoms with Crippen LogP contribution >= 0.6 is 11.3 Å². The fraction of sp³-hybridized carbons (Fsp3) is 0.611. The molecule has 8 heteroatoms. The number of hydrogen-bond acceptors (Lipinski definition) is 5. The maximum atomic E-state index is 13.1. The smallest absolute Gasteiger partial charge is 0.274 e. The number of fused-ring (bicyclic) bond motifs is 1. The molecule has 0 bridgehead atoms. The molecule has 0 radical (unpaired) electrons. The Morgan fingerprint density at radius 1 is 1.19 bits per heavy atom. The topological polar surface area (TPSA) is 83.9 Å². The lowest BCUT2D eigenvalue weighted by Crippen LogP contribution is -2.41. The number of carbonyl (C=O) groups is 2. The molecule has 7 nitrogen and oxygen atoms in total. The Bertz CT molecular complexity index is 808. The van der Waals surface area contributed by atoms with Gasteiger partial charge in [-0.2, -0.15) is 0 Å². The van der Waals surface area contributed by atoms with Gasteiger partial charge in [0.1, 0.15) is 0 Å². The van der Waals surface area contributed by atoms with Gasteiger partial charge in [-0.1, -0.05) is 0 Å². The van der Waals surface area contributed by atoms with Crippen molar-refractivity contribution in [2.75, 3.05) is 26.2 Å². The molecule has 0 saturated carbocycles. The summed E-state index contributed by atoms with van der Waals surface area (Å²) in [5.41, 5.74) is 7.01. The van der Waals surface area contributed by atoms with Crippen molar-refractivity contribution >= 4 is 28.1 Å². The first-order valence-electron chi connectivity index (χ1n) is 9.39. The molecule has 2 aliphatic rings. The van der Waals surface area contributed by atoms with E-state index in [1.807, 2.05) is 20.9 Å². The lowest BCUT2D eigenvalue weighted by molar-refractivity contribution is -0.123. The van der Waals surface area contributed by atoms with Crippen molar-refractivity contribution in [2.45, 2.75) is 38.6 Å². The Kier molecular flexibility index (Phi) is 4.95. The molecule has 2 aliphatic heterocycles. The van der Waals surface area contributed by atoms with E-state index in [1.165, 1.54) is 6.42 Å². The molecule has 2 saturated heterocycles. The summed E-state index contributed by atoms with van der Waals surface area (Å²) in [5, 5.41) is 1.99. The summed E-state index contributed by atoms with van der Waals surface area (Å²) in [6.45, 7) is 3.83. The van der Waals surface area contributed by atoms with Gasteiger partial charge in [-0.3, -0.25) is 18.9 Å². The van der Waals surface area contributed by atoms with Crippen LogP contribution < -0.4 is 5.73 Å². The lowest BCUT2D eigenvalue weighted by atomic mass is 9.97. The van der Waals surface area contributed by atoms with Crippen LogP contribution in [0.1, 0.15) is 48.3 Å². The third-order valence-electron chi connectivity index (χ3n) is 5.49. The van der Waals surface area contributed by atoms with Crippen LogP contribution in [0.25, 0.3) is 4.96 Å². The molecule has 2 fully saturated rings. The molecule has 2 aromatic rings. The number of nitrogens with zero attached hydrogens (tertiary/aromatic N) is 4. The molecule has 4 heterocycles. The van der Waals surface area contributed by atoms with E-state index in [0.29, 0.717) is 18.8 Å². The standard InChI is InChI=1S/C18H25N5O2S/c19-16(24)13-5-4-6-21(11-13)12-14-15(20-18-23(14)9-10-26-18)17(25)22-7-2-1-3-8-22/h9-10,13H,1-8,11-12H2,(H2,19,24)/t13-/m0/s1. The zero-order chi connectivity index (χ0) is 18.1. The summed E-state index contributed by atoms with van der Waals surface area (Å²) in [6.07, 6.45) is 7.10. The summed E-state index contributed by atoms with van der Waals surface area (Å²) >= 11 is 1.54. The number of aromatic nitrogens is 2. The van der Waals surface area contributed by atoms with E-state index in [2.05, 4.69) is 9.88 Å². The average molecular weight is 375 g/mol. The minimum Gasteiger partial charge on any atom is -0.369 e. The first-order chi connectivity index (χ1) is 12.6. The van der Waals surface area contributed by atoms with Crippen LogP contribution in [-0.4, -0.2) is 57.2 Å². The van der Waals surface area contributed by atoms with Crippen molar-refractivity contribution in [3.05, 3.63) is 23.0 Å².